The lowest BCUT2D eigenvalue weighted by atomic mass is 9.99. The van der Waals surface area contributed by atoms with Crippen molar-refractivity contribution in [3.8, 4) is 0 Å². The van der Waals surface area contributed by atoms with Gasteiger partial charge in [-0.3, -0.25) is 14.4 Å². The van der Waals surface area contributed by atoms with Crippen LogP contribution in [-0.2, 0) is 19.2 Å². The largest absolute Gasteiger partial charge is 0.481 e. The molecule has 0 spiro atoms. The lowest BCUT2D eigenvalue weighted by Crippen LogP contribution is -2.57. The van der Waals surface area contributed by atoms with Crippen LogP contribution in [-0.4, -0.2) is 59.1 Å². The standard InChI is InChI=1S/C15H27N3O6/c1-7(2)11(16-5)13(21)18-12(8(3)4)14(22)17-9(15(23)24)6-10(19)20/h7-9,11-12,16H,6H2,1-5H3,(H,17,22)(H,18,21)(H,19,20)(H,23,24)/t9-,11-,12-/m0/s1. The van der Waals surface area contributed by atoms with E-state index in [1.165, 1.54) is 0 Å². The van der Waals surface area contributed by atoms with Gasteiger partial charge in [-0.1, -0.05) is 27.7 Å². The number of likely N-dealkylation sites (N-methyl/N-ethyl adjacent to an activating group) is 1. The molecule has 9 heteroatoms. The minimum Gasteiger partial charge on any atom is -0.481 e. The summed E-state index contributed by atoms with van der Waals surface area (Å²) in [5, 5.41) is 25.3. The maximum absolute atomic E-state index is 12.3. The van der Waals surface area contributed by atoms with E-state index in [0.717, 1.165) is 0 Å². The third-order valence-electron chi connectivity index (χ3n) is 3.50. The van der Waals surface area contributed by atoms with Crippen LogP contribution in [0.5, 0.6) is 0 Å². The van der Waals surface area contributed by atoms with E-state index in [-0.39, 0.29) is 17.7 Å². The van der Waals surface area contributed by atoms with Crippen molar-refractivity contribution in [2.75, 3.05) is 7.05 Å². The van der Waals surface area contributed by atoms with Gasteiger partial charge in [0.05, 0.1) is 12.5 Å². The second-order valence-electron chi connectivity index (χ2n) is 6.24. The Morgan fingerprint density at radius 3 is 1.62 bits per heavy atom. The van der Waals surface area contributed by atoms with Gasteiger partial charge in [-0.2, -0.15) is 0 Å². The molecule has 0 bridgehead atoms. The van der Waals surface area contributed by atoms with Crippen LogP contribution >= 0.6 is 0 Å². The third kappa shape index (κ3) is 6.95. The number of carboxylic acids is 2. The first-order valence-corrected chi connectivity index (χ1v) is 7.73. The van der Waals surface area contributed by atoms with E-state index in [0.29, 0.717) is 0 Å². The van der Waals surface area contributed by atoms with Gasteiger partial charge in [0, 0.05) is 0 Å². The van der Waals surface area contributed by atoms with Crippen molar-refractivity contribution in [2.45, 2.75) is 52.2 Å². The van der Waals surface area contributed by atoms with Gasteiger partial charge >= 0.3 is 11.9 Å². The molecule has 0 saturated heterocycles. The molecule has 9 nitrogen and oxygen atoms in total. The number of amides is 2. The summed E-state index contributed by atoms with van der Waals surface area (Å²) >= 11 is 0. The normalized spacial score (nSPS) is 14.8. The number of carbonyl (C=O) groups is 4. The molecule has 0 saturated carbocycles. The molecule has 0 unspecified atom stereocenters. The van der Waals surface area contributed by atoms with Gasteiger partial charge in [0.1, 0.15) is 12.1 Å². The van der Waals surface area contributed by atoms with Crippen molar-refractivity contribution in [2.24, 2.45) is 11.8 Å². The van der Waals surface area contributed by atoms with E-state index >= 15 is 0 Å². The average Bonchev–Trinajstić information content (AvgIpc) is 2.43. The van der Waals surface area contributed by atoms with Crippen molar-refractivity contribution in [3.05, 3.63) is 0 Å². The fourth-order valence-corrected chi connectivity index (χ4v) is 2.18. The summed E-state index contributed by atoms with van der Waals surface area (Å²) in [7, 11) is 1.63. The zero-order valence-electron chi connectivity index (χ0n) is 14.6. The highest BCUT2D eigenvalue weighted by Crippen LogP contribution is 2.07. The molecule has 0 aliphatic heterocycles. The van der Waals surface area contributed by atoms with Crippen molar-refractivity contribution in [3.63, 3.8) is 0 Å². The van der Waals surface area contributed by atoms with Crippen LogP contribution in [0.4, 0.5) is 0 Å². The molecule has 0 aromatic carbocycles. The van der Waals surface area contributed by atoms with Crippen LogP contribution in [0.25, 0.3) is 0 Å². The number of nitrogens with one attached hydrogen (secondary N) is 3. The number of carboxylic acid groups (broad SMARTS) is 2. The maximum atomic E-state index is 12.3. The first-order chi connectivity index (χ1) is 11.0. The Balaban J connectivity index is 5.10. The Bertz CT molecular complexity index is 478. The van der Waals surface area contributed by atoms with Crippen LogP contribution in [0.2, 0.25) is 0 Å². The molecule has 0 rings (SSSR count). The molecule has 0 aliphatic carbocycles. The number of rotatable bonds is 10. The van der Waals surface area contributed by atoms with Gasteiger partial charge in [0.2, 0.25) is 11.8 Å². The fourth-order valence-electron chi connectivity index (χ4n) is 2.18. The Labute approximate surface area is 141 Å². The molecule has 24 heavy (non-hydrogen) atoms. The molecule has 0 radical (unpaired) electrons. The van der Waals surface area contributed by atoms with Gasteiger partial charge in [0.15, 0.2) is 0 Å². The van der Waals surface area contributed by atoms with E-state index in [4.69, 9.17) is 10.2 Å². The van der Waals surface area contributed by atoms with Crippen molar-refractivity contribution in [1.82, 2.24) is 16.0 Å². The van der Waals surface area contributed by atoms with Crippen LogP contribution in [0.15, 0.2) is 0 Å². The quantitative estimate of drug-likeness (QED) is 0.356. The molecular weight excluding hydrogens is 318 g/mol. The summed E-state index contributed by atoms with van der Waals surface area (Å²) in [6.45, 7) is 7.08. The summed E-state index contributed by atoms with van der Waals surface area (Å²) in [6, 6.07) is -3.03. The van der Waals surface area contributed by atoms with E-state index in [1.807, 2.05) is 13.8 Å². The lowest BCUT2D eigenvalue weighted by molar-refractivity contribution is -0.147. The molecule has 0 aromatic rings. The summed E-state index contributed by atoms with van der Waals surface area (Å²) in [4.78, 5) is 46.3. The van der Waals surface area contributed by atoms with Gasteiger partial charge < -0.3 is 26.2 Å². The second kappa shape index (κ2) is 9.86. The highest BCUT2D eigenvalue weighted by Gasteiger charge is 2.31. The first-order valence-electron chi connectivity index (χ1n) is 7.73. The van der Waals surface area contributed by atoms with Gasteiger partial charge in [-0.15, -0.1) is 0 Å². The van der Waals surface area contributed by atoms with Crippen molar-refractivity contribution >= 4 is 23.8 Å². The van der Waals surface area contributed by atoms with E-state index < -0.39 is 42.4 Å². The second-order valence-corrected chi connectivity index (χ2v) is 6.24. The lowest BCUT2D eigenvalue weighted by Gasteiger charge is -2.27. The molecule has 0 aromatic heterocycles. The Morgan fingerprint density at radius 1 is 0.833 bits per heavy atom. The predicted octanol–water partition coefficient (Wildman–Crippen LogP) is -0.585. The van der Waals surface area contributed by atoms with Gasteiger partial charge in [-0.25, -0.2) is 4.79 Å². The van der Waals surface area contributed by atoms with Crippen molar-refractivity contribution < 1.29 is 29.4 Å². The molecule has 5 N–H and O–H groups in total. The number of hydrogen-bond acceptors (Lipinski definition) is 5. The average molecular weight is 345 g/mol. The van der Waals surface area contributed by atoms with Gasteiger partial charge in [-0.05, 0) is 18.9 Å². The van der Waals surface area contributed by atoms with E-state index in [2.05, 4.69) is 16.0 Å². The number of hydrogen-bond donors (Lipinski definition) is 5. The highest BCUT2D eigenvalue weighted by atomic mass is 16.4. The Morgan fingerprint density at radius 2 is 1.29 bits per heavy atom. The maximum Gasteiger partial charge on any atom is 0.326 e. The van der Waals surface area contributed by atoms with Crippen LogP contribution < -0.4 is 16.0 Å². The van der Waals surface area contributed by atoms with Crippen LogP contribution in [0.1, 0.15) is 34.1 Å². The summed E-state index contributed by atoms with van der Waals surface area (Å²) < 4.78 is 0. The van der Waals surface area contributed by atoms with E-state index in [1.54, 1.807) is 20.9 Å². The van der Waals surface area contributed by atoms with Gasteiger partial charge in [0.25, 0.3) is 0 Å². The van der Waals surface area contributed by atoms with Crippen LogP contribution in [0, 0.1) is 11.8 Å². The van der Waals surface area contributed by atoms with Crippen LogP contribution in [0.3, 0.4) is 0 Å². The molecule has 0 aliphatic rings. The molecule has 3 atom stereocenters. The molecule has 138 valence electrons. The minimum atomic E-state index is -1.56. The zero-order chi connectivity index (χ0) is 19.0. The smallest absolute Gasteiger partial charge is 0.326 e. The van der Waals surface area contributed by atoms with Crippen molar-refractivity contribution in [1.29, 1.82) is 0 Å². The minimum absolute atomic E-state index is 0.00958. The molecular formula is C15H27N3O6. The molecule has 0 heterocycles. The number of carbonyl (C=O) groups excluding carboxylic acids is 2. The summed E-state index contributed by atoms with van der Waals surface area (Å²) in [6.07, 6.45) is -0.745. The molecule has 0 fully saturated rings. The Hall–Kier alpha value is -2.16. The highest BCUT2D eigenvalue weighted by molar-refractivity contribution is 5.93. The monoisotopic (exact) mass is 345 g/mol. The topological polar surface area (TPSA) is 145 Å². The summed E-state index contributed by atoms with van der Waals surface area (Å²) in [5.74, 6) is -4.22. The predicted molar refractivity (Wildman–Crippen MR) is 86.3 cm³/mol. The SMILES string of the molecule is CN[C@H](C(=O)N[C@H](C(=O)N[C@@H](CC(=O)O)C(=O)O)C(C)C)C(C)C. The zero-order valence-corrected chi connectivity index (χ0v) is 14.6. The van der Waals surface area contributed by atoms with E-state index in [9.17, 15) is 19.2 Å². The fraction of sp³-hybridized carbons (Fsp3) is 0.733. The molecule has 2 amide bonds. The third-order valence-corrected chi connectivity index (χ3v) is 3.50. The first kappa shape index (κ1) is 21.8. The Kier molecular flexibility index (Phi) is 8.97. The summed E-state index contributed by atoms with van der Waals surface area (Å²) in [5.41, 5.74) is 0. The number of aliphatic carboxylic acids is 2.